The van der Waals surface area contributed by atoms with E-state index in [0.717, 1.165) is 38.4 Å². The molecule has 1 N–H and O–H groups in total. The van der Waals surface area contributed by atoms with E-state index >= 15 is 0 Å². The van der Waals surface area contributed by atoms with Gasteiger partial charge < -0.3 is 15.1 Å². The van der Waals surface area contributed by atoms with Crippen LogP contribution >= 0.6 is 11.8 Å². The molecule has 1 saturated heterocycles. The lowest BCUT2D eigenvalue weighted by Gasteiger charge is -2.36. The zero-order valence-electron chi connectivity index (χ0n) is 19.7. The number of aromatic nitrogens is 1. The number of anilines is 2. The van der Waals surface area contributed by atoms with Crippen molar-refractivity contribution in [1.29, 1.82) is 0 Å². The third-order valence-corrected chi connectivity index (χ3v) is 8.69. The minimum Gasteiger partial charge on any atom is -0.367 e. The Morgan fingerprint density at radius 1 is 1.12 bits per heavy atom. The van der Waals surface area contributed by atoms with Crippen LogP contribution in [0.5, 0.6) is 0 Å². The van der Waals surface area contributed by atoms with Crippen molar-refractivity contribution in [3.05, 3.63) is 42.1 Å². The molecule has 0 aliphatic carbocycles. The van der Waals surface area contributed by atoms with Crippen molar-refractivity contribution < 1.29 is 13.2 Å². The van der Waals surface area contributed by atoms with E-state index in [0.29, 0.717) is 29.4 Å². The number of nitrogens with zero attached hydrogens (tertiary/aromatic N) is 4. The number of carbonyl (C=O) groups excluding carboxylic acids is 1. The van der Waals surface area contributed by atoms with Gasteiger partial charge >= 0.3 is 0 Å². The normalized spacial score (nSPS) is 15.1. The maximum absolute atomic E-state index is 13.2. The third kappa shape index (κ3) is 5.68. The SMILES string of the molecule is CCN1CCN(c2ccc(S(=O)(=O)N(CC)CC)cc2NC(=O)c2cccnc2SC)CC1. The van der Waals surface area contributed by atoms with E-state index in [-0.39, 0.29) is 10.8 Å². The van der Waals surface area contributed by atoms with Gasteiger partial charge in [-0.2, -0.15) is 4.31 Å². The molecule has 180 valence electrons. The summed E-state index contributed by atoms with van der Waals surface area (Å²) < 4.78 is 27.7. The molecule has 0 saturated carbocycles. The highest BCUT2D eigenvalue weighted by molar-refractivity contribution is 7.98. The van der Waals surface area contributed by atoms with Crippen LogP contribution in [-0.2, 0) is 10.0 Å². The van der Waals surface area contributed by atoms with Crippen LogP contribution in [0.25, 0.3) is 0 Å². The Morgan fingerprint density at radius 2 is 1.82 bits per heavy atom. The van der Waals surface area contributed by atoms with E-state index in [1.807, 2.05) is 26.2 Å². The minimum atomic E-state index is -3.66. The van der Waals surface area contributed by atoms with Gasteiger partial charge in [0.1, 0.15) is 5.03 Å². The van der Waals surface area contributed by atoms with E-state index < -0.39 is 10.0 Å². The monoisotopic (exact) mass is 491 g/mol. The number of benzene rings is 1. The Labute approximate surface area is 201 Å². The molecule has 0 unspecified atom stereocenters. The van der Waals surface area contributed by atoms with Crippen molar-refractivity contribution in [2.45, 2.75) is 30.7 Å². The van der Waals surface area contributed by atoms with Crippen LogP contribution in [0, 0.1) is 0 Å². The quantitative estimate of drug-likeness (QED) is 0.539. The van der Waals surface area contributed by atoms with E-state index in [4.69, 9.17) is 0 Å². The number of hydrogen-bond acceptors (Lipinski definition) is 7. The molecule has 8 nitrogen and oxygen atoms in total. The summed E-state index contributed by atoms with van der Waals surface area (Å²) in [6, 6.07) is 8.49. The molecule has 1 aliphatic rings. The number of likely N-dealkylation sites (N-methyl/N-ethyl adjacent to an activating group) is 1. The predicted molar refractivity (Wildman–Crippen MR) is 135 cm³/mol. The lowest BCUT2D eigenvalue weighted by molar-refractivity contribution is 0.102. The summed E-state index contributed by atoms with van der Waals surface area (Å²) in [6.45, 7) is 11.0. The Hall–Kier alpha value is -2.14. The molecule has 1 aliphatic heterocycles. The van der Waals surface area contributed by atoms with Crippen molar-refractivity contribution in [2.75, 3.05) is 62.3 Å². The zero-order chi connectivity index (χ0) is 24.0. The maximum Gasteiger partial charge on any atom is 0.258 e. The fourth-order valence-electron chi connectivity index (χ4n) is 3.99. The Kier molecular flexibility index (Phi) is 8.75. The lowest BCUT2D eigenvalue weighted by atomic mass is 10.2. The van der Waals surface area contributed by atoms with Gasteiger partial charge in [-0.3, -0.25) is 4.79 Å². The van der Waals surface area contributed by atoms with Gasteiger partial charge in [0.15, 0.2) is 0 Å². The zero-order valence-corrected chi connectivity index (χ0v) is 21.4. The minimum absolute atomic E-state index is 0.175. The van der Waals surface area contributed by atoms with Gasteiger partial charge in [-0.25, -0.2) is 13.4 Å². The number of carbonyl (C=O) groups is 1. The first kappa shape index (κ1) is 25.5. The number of pyridine rings is 1. The van der Waals surface area contributed by atoms with Crippen LogP contribution in [0.1, 0.15) is 31.1 Å². The average Bonchev–Trinajstić information content (AvgIpc) is 2.84. The van der Waals surface area contributed by atoms with Crippen molar-refractivity contribution in [1.82, 2.24) is 14.2 Å². The highest BCUT2D eigenvalue weighted by Gasteiger charge is 2.26. The predicted octanol–water partition coefficient (Wildman–Crippen LogP) is 3.23. The van der Waals surface area contributed by atoms with Crippen LogP contribution in [0.15, 0.2) is 46.5 Å². The van der Waals surface area contributed by atoms with Crippen LogP contribution in [-0.4, -0.2) is 80.6 Å². The van der Waals surface area contributed by atoms with Crippen LogP contribution < -0.4 is 10.2 Å². The fraction of sp³-hybridized carbons (Fsp3) is 0.478. The molecule has 2 heterocycles. The first-order valence-electron chi connectivity index (χ1n) is 11.3. The molecule has 0 spiro atoms. The second-order valence-electron chi connectivity index (χ2n) is 7.70. The molecule has 1 aromatic carbocycles. The number of rotatable bonds is 9. The van der Waals surface area contributed by atoms with E-state index in [9.17, 15) is 13.2 Å². The summed E-state index contributed by atoms with van der Waals surface area (Å²) in [7, 11) is -3.66. The number of thioether (sulfide) groups is 1. The van der Waals surface area contributed by atoms with Gasteiger partial charge in [-0.1, -0.05) is 20.8 Å². The average molecular weight is 492 g/mol. The van der Waals surface area contributed by atoms with E-state index in [1.54, 1.807) is 30.5 Å². The van der Waals surface area contributed by atoms with Gasteiger partial charge in [-0.05, 0) is 43.1 Å². The second-order valence-corrected chi connectivity index (χ2v) is 10.4. The molecule has 3 rings (SSSR count). The maximum atomic E-state index is 13.2. The van der Waals surface area contributed by atoms with Gasteiger partial charge in [-0.15, -0.1) is 11.8 Å². The van der Waals surface area contributed by atoms with Crippen molar-refractivity contribution >= 4 is 39.1 Å². The van der Waals surface area contributed by atoms with Crippen molar-refractivity contribution in [3.8, 4) is 0 Å². The van der Waals surface area contributed by atoms with Gasteiger partial charge in [0.2, 0.25) is 10.0 Å². The smallest absolute Gasteiger partial charge is 0.258 e. The molecular formula is C23H33N5O3S2. The number of piperazine rings is 1. The molecule has 0 radical (unpaired) electrons. The van der Waals surface area contributed by atoms with E-state index in [1.165, 1.54) is 16.1 Å². The number of sulfonamides is 1. The molecule has 1 amide bonds. The topological polar surface area (TPSA) is 85.9 Å². The largest absolute Gasteiger partial charge is 0.367 e. The summed E-state index contributed by atoms with van der Waals surface area (Å²) in [5.74, 6) is -0.307. The Morgan fingerprint density at radius 3 is 2.42 bits per heavy atom. The summed E-state index contributed by atoms with van der Waals surface area (Å²) in [5, 5.41) is 3.61. The van der Waals surface area contributed by atoms with E-state index in [2.05, 4.69) is 27.0 Å². The Balaban J connectivity index is 2.01. The van der Waals surface area contributed by atoms with Crippen LogP contribution in [0.3, 0.4) is 0 Å². The summed E-state index contributed by atoms with van der Waals surface area (Å²) >= 11 is 1.40. The molecule has 10 heteroatoms. The summed E-state index contributed by atoms with van der Waals surface area (Å²) in [4.78, 5) is 22.2. The number of amides is 1. The summed E-state index contributed by atoms with van der Waals surface area (Å²) in [6.07, 6.45) is 3.52. The summed E-state index contributed by atoms with van der Waals surface area (Å²) in [5.41, 5.74) is 1.78. The molecule has 1 aromatic heterocycles. The molecule has 0 atom stereocenters. The fourth-order valence-corrected chi connectivity index (χ4v) is 6.02. The molecular weight excluding hydrogens is 458 g/mol. The molecule has 0 bridgehead atoms. The van der Waals surface area contributed by atoms with Crippen LogP contribution in [0.2, 0.25) is 0 Å². The standard InChI is InChI=1S/C23H33N5O3S2/c1-5-26-13-15-27(16-14-26)21-11-10-18(33(30,31)28(6-2)7-3)17-20(21)25-22(29)19-9-8-12-24-23(19)32-4/h8-12,17H,5-7,13-16H2,1-4H3,(H,25,29). The Bertz CT molecular complexity index is 1070. The third-order valence-electron chi connectivity index (χ3n) is 5.93. The number of hydrogen-bond donors (Lipinski definition) is 1. The van der Waals surface area contributed by atoms with Gasteiger partial charge in [0, 0.05) is 45.5 Å². The van der Waals surface area contributed by atoms with Crippen molar-refractivity contribution in [3.63, 3.8) is 0 Å². The first-order valence-corrected chi connectivity index (χ1v) is 13.9. The molecule has 1 fully saturated rings. The highest BCUT2D eigenvalue weighted by Crippen LogP contribution is 2.32. The van der Waals surface area contributed by atoms with Gasteiger partial charge in [0.05, 0.1) is 21.8 Å². The number of nitrogens with one attached hydrogen (secondary N) is 1. The van der Waals surface area contributed by atoms with Gasteiger partial charge in [0.25, 0.3) is 5.91 Å². The molecule has 33 heavy (non-hydrogen) atoms. The lowest BCUT2D eigenvalue weighted by Crippen LogP contribution is -2.46. The molecule has 2 aromatic rings. The highest BCUT2D eigenvalue weighted by atomic mass is 32.2. The second kappa shape index (κ2) is 11.3. The van der Waals surface area contributed by atoms with Crippen LogP contribution in [0.4, 0.5) is 11.4 Å². The van der Waals surface area contributed by atoms with Crippen molar-refractivity contribution in [2.24, 2.45) is 0 Å². The first-order chi connectivity index (χ1) is 15.8.